The molecule has 1 aliphatic rings. The summed E-state index contributed by atoms with van der Waals surface area (Å²) in [5, 5.41) is 5.73. The normalized spacial score (nSPS) is 15.7. The molecule has 0 bridgehead atoms. The highest BCUT2D eigenvalue weighted by molar-refractivity contribution is 5.58. The van der Waals surface area contributed by atoms with Crippen LogP contribution in [0.4, 0.5) is 35.0 Å². The molecule has 4 nitrogen and oxygen atoms in total. The van der Waals surface area contributed by atoms with Crippen LogP contribution in [-0.2, 0) is 6.18 Å². The highest BCUT2D eigenvalue weighted by atomic mass is 19.4. The first kappa shape index (κ1) is 18.4. The van der Waals surface area contributed by atoms with E-state index in [0.717, 1.165) is 38.2 Å². The van der Waals surface area contributed by atoms with Gasteiger partial charge in [-0.25, -0.2) is 9.37 Å². The Morgan fingerprint density at radius 1 is 1.04 bits per heavy atom. The fourth-order valence-electron chi connectivity index (χ4n) is 2.97. The highest BCUT2D eigenvalue weighted by Gasteiger charge is 2.34. The molecule has 1 aliphatic carbocycles. The van der Waals surface area contributed by atoms with Crippen LogP contribution < -0.4 is 10.6 Å². The van der Waals surface area contributed by atoms with Gasteiger partial charge in [-0.3, -0.25) is 0 Å². The van der Waals surface area contributed by atoms with Crippen LogP contribution in [0.3, 0.4) is 0 Å². The van der Waals surface area contributed by atoms with E-state index in [1.807, 2.05) is 0 Å². The third-order valence-corrected chi connectivity index (χ3v) is 4.40. The Morgan fingerprint density at radius 2 is 1.77 bits per heavy atom. The van der Waals surface area contributed by atoms with Crippen molar-refractivity contribution in [2.75, 3.05) is 10.6 Å². The van der Waals surface area contributed by atoms with Gasteiger partial charge in [0.1, 0.15) is 11.6 Å². The zero-order valence-electron chi connectivity index (χ0n) is 14.3. The third-order valence-electron chi connectivity index (χ3n) is 4.40. The quantitative estimate of drug-likeness (QED) is 0.707. The monoisotopic (exact) mass is 368 g/mol. The van der Waals surface area contributed by atoms with Crippen molar-refractivity contribution in [3.8, 4) is 0 Å². The lowest BCUT2D eigenvalue weighted by Crippen LogP contribution is -2.24. The molecule has 1 heterocycles. The lowest BCUT2D eigenvalue weighted by atomic mass is 9.96. The van der Waals surface area contributed by atoms with E-state index in [9.17, 15) is 17.6 Å². The van der Waals surface area contributed by atoms with Crippen molar-refractivity contribution >= 4 is 17.5 Å². The van der Waals surface area contributed by atoms with E-state index in [1.165, 1.54) is 6.07 Å². The standard InChI is InChI=1S/C18H20F4N4/c1-11-7-8-13(9-14(11)19)23-16-10-15(18(20,21)22)25-17(26-16)24-12-5-3-2-4-6-12/h7-10,12H,2-6H2,1H3,(H2,23,24,25,26). The summed E-state index contributed by atoms with van der Waals surface area (Å²) in [7, 11) is 0. The molecule has 1 saturated carbocycles. The van der Waals surface area contributed by atoms with Gasteiger partial charge in [-0.15, -0.1) is 0 Å². The van der Waals surface area contributed by atoms with E-state index in [1.54, 1.807) is 19.1 Å². The van der Waals surface area contributed by atoms with Gasteiger partial charge in [-0.1, -0.05) is 25.3 Å². The molecule has 0 aliphatic heterocycles. The van der Waals surface area contributed by atoms with Crippen LogP contribution in [0.2, 0.25) is 0 Å². The van der Waals surface area contributed by atoms with Gasteiger partial charge < -0.3 is 10.6 Å². The van der Waals surface area contributed by atoms with Crippen molar-refractivity contribution in [3.05, 3.63) is 41.3 Å². The number of nitrogens with one attached hydrogen (secondary N) is 2. The molecule has 0 spiro atoms. The van der Waals surface area contributed by atoms with E-state index in [-0.39, 0.29) is 17.8 Å². The number of hydrogen-bond donors (Lipinski definition) is 2. The summed E-state index contributed by atoms with van der Waals surface area (Å²) in [6.45, 7) is 1.61. The predicted octanol–water partition coefficient (Wildman–Crippen LogP) is 5.43. The van der Waals surface area contributed by atoms with Crippen LogP contribution in [-0.4, -0.2) is 16.0 Å². The molecular weight excluding hydrogens is 348 g/mol. The Bertz CT molecular complexity index is 770. The Labute approximate surface area is 149 Å². The molecule has 8 heteroatoms. The summed E-state index contributed by atoms with van der Waals surface area (Å²) < 4.78 is 53.2. The number of halogens is 4. The summed E-state index contributed by atoms with van der Waals surface area (Å²) in [5.74, 6) is -0.545. The summed E-state index contributed by atoms with van der Waals surface area (Å²) in [6.07, 6.45) is 0.361. The molecule has 1 aromatic carbocycles. The average Bonchev–Trinajstić information content (AvgIpc) is 2.58. The van der Waals surface area contributed by atoms with Crippen molar-refractivity contribution in [2.45, 2.75) is 51.2 Å². The van der Waals surface area contributed by atoms with E-state index < -0.39 is 17.7 Å². The molecule has 26 heavy (non-hydrogen) atoms. The van der Waals surface area contributed by atoms with Crippen LogP contribution in [0.5, 0.6) is 0 Å². The highest BCUT2D eigenvalue weighted by Crippen LogP contribution is 2.31. The number of aromatic nitrogens is 2. The second-order valence-corrected chi connectivity index (χ2v) is 6.53. The first-order chi connectivity index (χ1) is 12.3. The fourth-order valence-corrected chi connectivity index (χ4v) is 2.97. The first-order valence-electron chi connectivity index (χ1n) is 8.57. The van der Waals surface area contributed by atoms with Crippen LogP contribution in [0.15, 0.2) is 24.3 Å². The number of hydrogen-bond acceptors (Lipinski definition) is 4. The lowest BCUT2D eigenvalue weighted by molar-refractivity contribution is -0.141. The number of rotatable bonds is 4. The Kier molecular flexibility index (Phi) is 5.29. The van der Waals surface area contributed by atoms with E-state index in [0.29, 0.717) is 11.3 Å². The molecule has 0 saturated heterocycles. The summed E-state index contributed by atoms with van der Waals surface area (Å²) in [6, 6.07) is 5.24. The maximum Gasteiger partial charge on any atom is 0.433 e. The summed E-state index contributed by atoms with van der Waals surface area (Å²) >= 11 is 0. The van der Waals surface area contributed by atoms with Crippen molar-refractivity contribution in [1.29, 1.82) is 0 Å². The molecule has 0 amide bonds. The van der Waals surface area contributed by atoms with Gasteiger partial charge in [0.25, 0.3) is 0 Å². The van der Waals surface area contributed by atoms with Gasteiger partial charge in [0.15, 0.2) is 5.69 Å². The largest absolute Gasteiger partial charge is 0.433 e. The fraction of sp³-hybridized carbons (Fsp3) is 0.444. The number of benzene rings is 1. The topological polar surface area (TPSA) is 49.8 Å². The van der Waals surface area contributed by atoms with E-state index in [2.05, 4.69) is 20.6 Å². The van der Waals surface area contributed by atoms with Crippen LogP contribution in [0.25, 0.3) is 0 Å². The van der Waals surface area contributed by atoms with Gasteiger partial charge in [0.05, 0.1) is 0 Å². The minimum Gasteiger partial charge on any atom is -0.351 e. The lowest BCUT2D eigenvalue weighted by Gasteiger charge is -2.23. The number of alkyl halides is 3. The van der Waals surface area contributed by atoms with Crippen LogP contribution >= 0.6 is 0 Å². The van der Waals surface area contributed by atoms with Crippen LogP contribution in [0.1, 0.15) is 43.4 Å². The molecule has 0 unspecified atom stereocenters. The van der Waals surface area contributed by atoms with E-state index >= 15 is 0 Å². The van der Waals surface area contributed by atoms with Crippen molar-refractivity contribution in [3.63, 3.8) is 0 Å². The second-order valence-electron chi connectivity index (χ2n) is 6.53. The molecule has 1 fully saturated rings. The number of nitrogens with zero attached hydrogens (tertiary/aromatic N) is 2. The van der Waals surface area contributed by atoms with Crippen molar-refractivity contribution in [1.82, 2.24) is 9.97 Å². The second kappa shape index (κ2) is 7.47. The number of aryl methyl sites for hydroxylation is 1. The maximum atomic E-state index is 13.7. The van der Waals surface area contributed by atoms with Gasteiger partial charge in [-0.05, 0) is 37.5 Å². The minimum absolute atomic E-state index is 0.0334. The van der Waals surface area contributed by atoms with Crippen molar-refractivity contribution in [2.24, 2.45) is 0 Å². The van der Waals surface area contributed by atoms with Crippen LogP contribution in [0, 0.1) is 12.7 Å². The Balaban J connectivity index is 1.87. The maximum absolute atomic E-state index is 13.7. The molecule has 0 atom stereocenters. The first-order valence-corrected chi connectivity index (χ1v) is 8.57. The van der Waals surface area contributed by atoms with Gasteiger partial charge in [-0.2, -0.15) is 18.2 Å². The smallest absolute Gasteiger partial charge is 0.351 e. The molecule has 1 aromatic heterocycles. The molecule has 140 valence electrons. The summed E-state index contributed by atoms with van der Waals surface area (Å²) in [4.78, 5) is 7.74. The average molecular weight is 368 g/mol. The number of anilines is 3. The zero-order chi connectivity index (χ0) is 18.7. The minimum atomic E-state index is -4.60. The molecular formula is C18H20F4N4. The molecule has 0 radical (unpaired) electrons. The Morgan fingerprint density at radius 3 is 2.42 bits per heavy atom. The predicted molar refractivity (Wildman–Crippen MR) is 91.9 cm³/mol. The van der Waals surface area contributed by atoms with Gasteiger partial charge >= 0.3 is 6.18 Å². The summed E-state index contributed by atoms with van der Waals surface area (Å²) in [5.41, 5.74) is -0.265. The third kappa shape index (κ3) is 4.62. The van der Waals surface area contributed by atoms with Gasteiger partial charge in [0, 0.05) is 17.8 Å². The Hall–Kier alpha value is -2.38. The van der Waals surface area contributed by atoms with E-state index in [4.69, 9.17) is 0 Å². The van der Waals surface area contributed by atoms with Crippen molar-refractivity contribution < 1.29 is 17.6 Å². The SMILES string of the molecule is Cc1ccc(Nc2cc(C(F)(F)F)nc(NC3CCCCC3)n2)cc1F. The molecule has 3 rings (SSSR count). The molecule has 2 N–H and O–H groups in total. The van der Waals surface area contributed by atoms with Gasteiger partial charge in [0.2, 0.25) is 5.95 Å². The zero-order valence-corrected chi connectivity index (χ0v) is 14.3. The molecule has 2 aromatic rings.